The van der Waals surface area contributed by atoms with Crippen LogP contribution in [0.3, 0.4) is 0 Å². The third-order valence-electron chi connectivity index (χ3n) is 2.94. The lowest BCUT2D eigenvalue weighted by Crippen LogP contribution is -1.80. The van der Waals surface area contributed by atoms with Crippen molar-refractivity contribution in [2.75, 3.05) is 0 Å². The van der Waals surface area contributed by atoms with Crippen LogP contribution in [-0.4, -0.2) is 4.98 Å². The largest absolute Gasteiger partial charge is 0.354 e. The number of fused-ring (bicyclic) bond motifs is 3. The molecule has 1 aromatic heterocycles. The number of nitrogens with zero attached hydrogens (tertiary/aromatic N) is 1. The Hall–Kier alpha value is -2.27. The average Bonchev–Trinajstić information content (AvgIpc) is 2.68. The van der Waals surface area contributed by atoms with Crippen molar-refractivity contribution in [2.24, 2.45) is 0 Å². The maximum atomic E-state index is 8.97. The van der Waals surface area contributed by atoms with Gasteiger partial charge in [0.25, 0.3) is 0 Å². The third-order valence-corrected chi connectivity index (χ3v) is 2.94. The zero-order valence-corrected chi connectivity index (χ0v) is 8.91. The molecule has 0 spiro atoms. The number of aromatic nitrogens is 1. The van der Waals surface area contributed by atoms with Gasteiger partial charge in [0.05, 0.1) is 11.6 Å². The van der Waals surface area contributed by atoms with Crippen LogP contribution in [-0.2, 0) is 0 Å². The second-order valence-electron chi connectivity index (χ2n) is 4.00. The summed E-state index contributed by atoms with van der Waals surface area (Å²) in [6.45, 7) is 2.03. The Balaban J connectivity index is 2.57. The Bertz CT molecular complexity index is 729. The van der Waals surface area contributed by atoms with Gasteiger partial charge in [0.15, 0.2) is 0 Å². The quantitative estimate of drug-likeness (QED) is 0.600. The summed E-state index contributed by atoms with van der Waals surface area (Å²) in [5, 5.41) is 11.3. The standard InChI is InChI=1S/C14H10N2/c1-9-6-10(8-15)7-12-11-4-2-3-5-13(11)16-14(9)12/h2-7,16H,1H3. The molecule has 16 heavy (non-hydrogen) atoms. The smallest absolute Gasteiger partial charge is 0.0991 e. The highest BCUT2D eigenvalue weighted by molar-refractivity contribution is 6.08. The van der Waals surface area contributed by atoms with E-state index >= 15 is 0 Å². The minimum atomic E-state index is 0.717. The summed E-state index contributed by atoms with van der Waals surface area (Å²) in [7, 11) is 0. The van der Waals surface area contributed by atoms with Crippen molar-refractivity contribution in [1.29, 1.82) is 5.26 Å². The molecule has 0 aliphatic heterocycles. The van der Waals surface area contributed by atoms with E-state index in [9.17, 15) is 0 Å². The lowest BCUT2D eigenvalue weighted by molar-refractivity contribution is 1.42. The van der Waals surface area contributed by atoms with E-state index in [0.717, 1.165) is 27.5 Å². The molecule has 0 aliphatic carbocycles. The van der Waals surface area contributed by atoms with Crippen molar-refractivity contribution in [3.8, 4) is 6.07 Å². The van der Waals surface area contributed by atoms with E-state index in [2.05, 4.69) is 23.2 Å². The molecule has 0 amide bonds. The second-order valence-corrected chi connectivity index (χ2v) is 4.00. The van der Waals surface area contributed by atoms with E-state index < -0.39 is 0 Å². The van der Waals surface area contributed by atoms with E-state index in [0.29, 0.717) is 0 Å². The first-order valence-corrected chi connectivity index (χ1v) is 5.21. The Morgan fingerprint density at radius 2 is 1.94 bits per heavy atom. The van der Waals surface area contributed by atoms with E-state index in [4.69, 9.17) is 5.26 Å². The third kappa shape index (κ3) is 1.12. The van der Waals surface area contributed by atoms with Crippen molar-refractivity contribution < 1.29 is 0 Å². The van der Waals surface area contributed by atoms with Crippen LogP contribution in [0.1, 0.15) is 11.1 Å². The van der Waals surface area contributed by atoms with Crippen molar-refractivity contribution in [2.45, 2.75) is 6.92 Å². The summed E-state index contributed by atoms with van der Waals surface area (Å²) in [6, 6.07) is 14.2. The molecule has 2 heteroatoms. The molecule has 3 aromatic rings. The molecule has 1 heterocycles. The molecule has 0 fully saturated rings. The molecule has 0 saturated heterocycles. The highest BCUT2D eigenvalue weighted by Crippen LogP contribution is 2.28. The van der Waals surface area contributed by atoms with E-state index in [1.807, 2.05) is 31.2 Å². The molecule has 76 valence electrons. The molecular weight excluding hydrogens is 196 g/mol. The zero-order valence-electron chi connectivity index (χ0n) is 8.91. The van der Waals surface area contributed by atoms with Crippen molar-refractivity contribution >= 4 is 21.8 Å². The van der Waals surface area contributed by atoms with E-state index in [-0.39, 0.29) is 0 Å². The summed E-state index contributed by atoms with van der Waals surface area (Å²) >= 11 is 0. The fourth-order valence-corrected chi connectivity index (χ4v) is 2.19. The molecule has 2 nitrogen and oxygen atoms in total. The predicted molar refractivity (Wildman–Crippen MR) is 65.3 cm³/mol. The number of hydrogen-bond donors (Lipinski definition) is 1. The molecule has 0 saturated carbocycles. The normalized spacial score (nSPS) is 10.8. The first-order chi connectivity index (χ1) is 7.79. The second kappa shape index (κ2) is 3.11. The van der Waals surface area contributed by atoms with Crippen LogP contribution >= 0.6 is 0 Å². The van der Waals surface area contributed by atoms with Crippen LogP contribution in [0.4, 0.5) is 0 Å². The van der Waals surface area contributed by atoms with E-state index in [1.54, 1.807) is 0 Å². The summed E-state index contributed by atoms with van der Waals surface area (Å²) in [4.78, 5) is 3.39. The molecule has 0 radical (unpaired) electrons. The highest BCUT2D eigenvalue weighted by atomic mass is 14.7. The van der Waals surface area contributed by atoms with Crippen LogP contribution in [0.25, 0.3) is 21.8 Å². The van der Waals surface area contributed by atoms with Gasteiger partial charge in [0.1, 0.15) is 0 Å². The maximum Gasteiger partial charge on any atom is 0.0991 e. The van der Waals surface area contributed by atoms with Crippen LogP contribution in [0.2, 0.25) is 0 Å². The average molecular weight is 206 g/mol. The number of aromatic amines is 1. The molecular formula is C14H10N2. The van der Waals surface area contributed by atoms with Crippen molar-refractivity contribution in [1.82, 2.24) is 4.98 Å². The van der Waals surface area contributed by atoms with Crippen molar-refractivity contribution in [3.05, 3.63) is 47.5 Å². The molecule has 1 N–H and O–H groups in total. The lowest BCUT2D eigenvalue weighted by Gasteiger charge is -1.97. The van der Waals surface area contributed by atoms with Gasteiger partial charge < -0.3 is 4.98 Å². The number of rotatable bonds is 0. The lowest BCUT2D eigenvalue weighted by atomic mass is 10.1. The van der Waals surface area contributed by atoms with Gasteiger partial charge in [-0.25, -0.2) is 0 Å². The Kier molecular flexibility index (Phi) is 1.75. The minimum absolute atomic E-state index is 0.717. The van der Waals surface area contributed by atoms with Gasteiger partial charge in [-0.3, -0.25) is 0 Å². The van der Waals surface area contributed by atoms with Gasteiger partial charge in [-0.05, 0) is 30.7 Å². The fourth-order valence-electron chi connectivity index (χ4n) is 2.19. The first kappa shape index (κ1) is 8.99. The molecule has 0 aliphatic rings. The Labute approximate surface area is 93.1 Å². The number of benzene rings is 2. The van der Waals surface area contributed by atoms with Gasteiger partial charge in [-0.15, -0.1) is 0 Å². The van der Waals surface area contributed by atoms with Crippen LogP contribution in [0.5, 0.6) is 0 Å². The molecule has 3 rings (SSSR count). The number of para-hydroxylation sites is 1. The molecule has 2 aromatic carbocycles. The van der Waals surface area contributed by atoms with Gasteiger partial charge in [0, 0.05) is 21.8 Å². The monoisotopic (exact) mass is 206 g/mol. The topological polar surface area (TPSA) is 39.6 Å². The van der Waals surface area contributed by atoms with Gasteiger partial charge >= 0.3 is 0 Å². The number of hydrogen-bond acceptors (Lipinski definition) is 1. The Morgan fingerprint density at radius 1 is 1.12 bits per heavy atom. The van der Waals surface area contributed by atoms with E-state index in [1.165, 1.54) is 5.39 Å². The summed E-state index contributed by atoms with van der Waals surface area (Å²) in [6.07, 6.45) is 0. The minimum Gasteiger partial charge on any atom is -0.354 e. The highest BCUT2D eigenvalue weighted by Gasteiger charge is 2.06. The molecule has 0 bridgehead atoms. The molecule has 0 atom stereocenters. The number of aryl methyl sites for hydroxylation is 1. The van der Waals surface area contributed by atoms with Gasteiger partial charge in [-0.2, -0.15) is 5.26 Å². The van der Waals surface area contributed by atoms with Gasteiger partial charge in [-0.1, -0.05) is 18.2 Å². The fraction of sp³-hybridized carbons (Fsp3) is 0.0714. The van der Waals surface area contributed by atoms with Crippen molar-refractivity contribution in [3.63, 3.8) is 0 Å². The Morgan fingerprint density at radius 3 is 2.75 bits per heavy atom. The summed E-state index contributed by atoms with van der Waals surface area (Å²) in [5.74, 6) is 0. The molecule has 0 unspecified atom stereocenters. The predicted octanol–water partition coefficient (Wildman–Crippen LogP) is 3.50. The maximum absolute atomic E-state index is 8.97. The SMILES string of the molecule is Cc1cc(C#N)cc2c1[nH]c1ccccc12. The van der Waals surface area contributed by atoms with Gasteiger partial charge in [0.2, 0.25) is 0 Å². The van der Waals surface area contributed by atoms with Crippen LogP contribution < -0.4 is 0 Å². The zero-order chi connectivity index (χ0) is 11.1. The number of nitrogens with one attached hydrogen (secondary N) is 1. The number of nitriles is 1. The summed E-state index contributed by atoms with van der Waals surface area (Å²) < 4.78 is 0. The first-order valence-electron chi connectivity index (χ1n) is 5.21. The number of H-pyrrole nitrogens is 1. The van der Waals surface area contributed by atoms with Crippen LogP contribution in [0.15, 0.2) is 36.4 Å². The van der Waals surface area contributed by atoms with Crippen LogP contribution in [0, 0.1) is 18.3 Å². The summed E-state index contributed by atoms with van der Waals surface area (Å²) in [5.41, 5.74) is 4.08.